The molecule has 1 aromatic rings. The molecule has 9 nitrogen and oxygen atoms in total. The summed E-state index contributed by atoms with van der Waals surface area (Å²) in [6.45, 7) is 4.95. The Hall–Kier alpha value is -3.10. The van der Waals surface area contributed by atoms with Crippen molar-refractivity contribution in [3.8, 4) is 0 Å². The molecule has 0 radical (unpaired) electrons. The van der Waals surface area contributed by atoms with E-state index in [4.69, 9.17) is 9.47 Å². The number of carbonyl (C=O) groups excluding carboxylic acids is 4. The lowest BCUT2D eigenvalue weighted by atomic mass is 9.96. The number of amides is 4. The van der Waals surface area contributed by atoms with Gasteiger partial charge >= 0.3 is 18.1 Å². The summed E-state index contributed by atoms with van der Waals surface area (Å²) in [6.07, 6.45) is -0.836. The van der Waals surface area contributed by atoms with Gasteiger partial charge in [0, 0.05) is 6.42 Å². The second-order valence-electron chi connectivity index (χ2n) is 7.91. The fraction of sp³-hybridized carbons (Fsp3) is 0.474. The topological polar surface area (TPSA) is 114 Å². The third kappa shape index (κ3) is 4.08. The number of rotatable bonds is 3. The van der Waals surface area contributed by atoms with Crippen molar-refractivity contribution in [1.29, 1.82) is 0 Å². The summed E-state index contributed by atoms with van der Waals surface area (Å²) in [5.74, 6) is -1.25. The SMILES string of the molecule is CC(C)(C)OC(=O)N1C[C@@]2(C[C@H]1C(=O)OCc1ccccc1)NC(=O)NC2=O. The van der Waals surface area contributed by atoms with Crippen LogP contribution in [-0.4, -0.2) is 52.6 Å². The van der Waals surface area contributed by atoms with Crippen molar-refractivity contribution in [2.24, 2.45) is 0 Å². The molecule has 0 aromatic heterocycles. The van der Waals surface area contributed by atoms with Gasteiger partial charge in [-0.2, -0.15) is 0 Å². The van der Waals surface area contributed by atoms with Crippen molar-refractivity contribution in [3.63, 3.8) is 0 Å². The number of ether oxygens (including phenoxy) is 2. The van der Waals surface area contributed by atoms with Crippen LogP contribution in [-0.2, 0) is 25.7 Å². The van der Waals surface area contributed by atoms with E-state index >= 15 is 0 Å². The molecule has 2 atom stereocenters. The highest BCUT2D eigenvalue weighted by atomic mass is 16.6. The molecular formula is C19H23N3O6. The number of hydrogen-bond acceptors (Lipinski definition) is 6. The lowest BCUT2D eigenvalue weighted by Crippen LogP contribution is -2.50. The number of carbonyl (C=O) groups is 4. The molecule has 3 rings (SSSR count). The Bertz CT molecular complexity index is 804. The maximum atomic E-state index is 12.7. The highest BCUT2D eigenvalue weighted by Gasteiger charge is 2.58. The minimum Gasteiger partial charge on any atom is -0.459 e. The maximum absolute atomic E-state index is 12.7. The summed E-state index contributed by atoms with van der Waals surface area (Å²) < 4.78 is 10.7. The first-order chi connectivity index (χ1) is 13.1. The number of esters is 1. The van der Waals surface area contributed by atoms with Gasteiger partial charge in [-0.05, 0) is 26.3 Å². The molecule has 2 saturated heterocycles. The summed E-state index contributed by atoms with van der Waals surface area (Å²) >= 11 is 0. The van der Waals surface area contributed by atoms with Gasteiger partial charge in [-0.15, -0.1) is 0 Å². The average Bonchev–Trinajstić information content (AvgIpc) is 3.12. The molecule has 1 aromatic carbocycles. The van der Waals surface area contributed by atoms with Crippen LogP contribution >= 0.6 is 0 Å². The van der Waals surface area contributed by atoms with E-state index in [9.17, 15) is 19.2 Å². The van der Waals surface area contributed by atoms with Crippen molar-refractivity contribution in [3.05, 3.63) is 35.9 Å². The summed E-state index contributed by atoms with van der Waals surface area (Å²) in [7, 11) is 0. The fourth-order valence-corrected chi connectivity index (χ4v) is 3.24. The molecular weight excluding hydrogens is 366 g/mol. The Morgan fingerprint density at radius 3 is 2.46 bits per heavy atom. The van der Waals surface area contributed by atoms with E-state index in [1.165, 1.54) is 0 Å². The van der Waals surface area contributed by atoms with Gasteiger partial charge in [0.15, 0.2) is 0 Å². The lowest BCUT2D eigenvalue weighted by Gasteiger charge is -2.27. The first-order valence-corrected chi connectivity index (χ1v) is 8.93. The van der Waals surface area contributed by atoms with Gasteiger partial charge in [-0.1, -0.05) is 30.3 Å². The van der Waals surface area contributed by atoms with Gasteiger partial charge < -0.3 is 14.8 Å². The molecule has 0 bridgehead atoms. The molecule has 1 spiro atoms. The normalized spacial score (nSPS) is 24.1. The predicted molar refractivity (Wildman–Crippen MR) is 97.0 cm³/mol. The van der Waals surface area contributed by atoms with Gasteiger partial charge in [0.1, 0.15) is 23.8 Å². The summed E-state index contributed by atoms with van der Waals surface area (Å²) in [5, 5.41) is 4.68. The molecule has 2 heterocycles. The molecule has 28 heavy (non-hydrogen) atoms. The molecule has 4 amide bonds. The number of imide groups is 1. The van der Waals surface area contributed by atoms with Gasteiger partial charge in [0.25, 0.3) is 5.91 Å². The zero-order valence-electron chi connectivity index (χ0n) is 16.0. The molecule has 2 aliphatic heterocycles. The molecule has 2 fully saturated rings. The lowest BCUT2D eigenvalue weighted by molar-refractivity contribution is -0.150. The molecule has 0 aliphatic carbocycles. The predicted octanol–water partition coefficient (Wildman–Crippen LogP) is 1.32. The van der Waals surface area contributed by atoms with E-state index in [1.807, 2.05) is 18.2 Å². The van der Waals surface area contributed by atoms with Crippen LogP contribution in [0, 0.1) is 0 Å². The van der Waals surface area contributed by atoms with E-state index in [0.29, 0.717) is 0 Å². The molecule has 9 heteroatoms. The fourth-order valence-electron chi connectivity index (χ4n) is 3.24. The molecule has 2 aliphatic rings. The van der Waals surface area contributed by atoms with Crippen LogP contribution in [0.5, 0.6) is 0 Å². The maximum Gasteiger partial charge on any atom is 0.411 e. The zero-order chi connectivity index (χ0) is 20.5. The largest absolute Gasteiger partial charge is 0.459 e. The van der Waals surface area contributed by atoms with Crippen molar-refractivity contribution in [2.75, 3.05) is 6.54 Å². The Balaban J connectivity index is 1.78. The summed E-state index contributed by atoms with van der Waals surface area (Å²) in [6, 6.07) is 7.38. The van der Waals surface area contributed by atoms with E-state index < -0.39 is 41.2 Å². The van der Waals surface area contributed by atoms with E-state index in [0.717, 1.165) is 10.5 Å². The highest BCUT2D eigenvalue weighted by molar-refractivity contribution is 6.08. The number of benzene rings is 1. The second kappa shape index (κ2) is 7.14. The van der Waals surface area contributed by atoms with E-state index in [2.05, 4.69) is 10.6 Å². The average molecular weight is 389 g/mol. The van der Waals surface area contributed by atoms with Crippen LogP contribution in [0.25, 0.3) is 0 Å². The molecule has 0 unspecified atom stereocenters. The third-order valence-corrected chi connectivity index (χ3v) is 4.50. The van der Waals surface area contributed by atoms with Crippen LogP contribution in [0.1, 0.15) is 32.8 Å². The van der Waals surface area contributed by atoms with Gasteiger partial charge in [-0.25, -0.2) is 14.4 Å². The van der Waals surface area contributed by atoms with Crippen LogP contribution in [0.4, 0.5) is 9.59 Å². The van der Waals surface area contributed by atoms with Gasteiger partial charge in [0.05, 0.1) is 6.54 Å². The monoisotopic (exact) mass is 389 g/mol. The summed E-state index contributed by atoms with van der Waals surface area (Å²) in [4.78, 5) is 50.4. The van der Waals surface area contributed by atoms with Crippen molar-refractivity contribution in [1.82, 2.24) is 15.5 Å². The number of hydrogen-bond donors (Lipinski definition) is 2. The Kier molecular flexibility index (Phi) is 5.01. The summed E-state index contributed by atoms with van der Waals surface area (Å²) in [5.41, 5.74) is -1.36. The first-order valence-electron chi connectivity index (χ1n) is 8.93. The first kappa shape index (κ1) is 19.7. The molecule has 0 saturated carbocycles. The van der Waals surface area contributed by atoms with Crippen LogP contribution in [0.15, 0.2) is 30.3 Å². The van der Waals surface area contributed by atoms with Crippen molar-refractivity contribution in [2.45, 2.75) is 51.0 Å². The van der Waals surface area contributed by atoms with Crippen LogP contribution in [0.3, 0.4) is 0 Å². The minimum atomic E-state index is -1.37. The Morgan fingerprint density at radius 1 is 1.21 bits per heavy atom. The zero-order valence-corrected chi connectivity index (χ0v) is 16.0. The molecule has 2 N–H and O–H groups in total. The van der Waals surface area contributed by atoms with Crippen molar-refractivity contribution < 1.29 is 28.7 Å². The third-order valence-electron chi connectivity index (χ3n) is 4.50. The number of nitrogens with zero attached hydrogens (tertiary/aromatic N) is 1. The Morgan fingerprint density at radius 2 is 1.89 bits per heavy atom. The standard InChI is InChI=1S/C19H23N3O6/c1-18(2,3)28-17(26)22-11-19(15(24)20-16(25)21-19)9-13(22)14(23)27-10-12-7-5-4-6-8-12/h4-8,13H,9-11H2,1-3H3,(H2,20,21,24,25)/t13-,19+/m0/s1. The van der Waals surface area contributed by atoms with Gasteiger partial charge in [0.2, 0.25) is 0 Å². The van der Waals surface area contributed by atoms with Gasteiger partial charge in [-0.3, -0.25) is 15.0 Å². The molecule has 150 valence electrons. The second-order valence-corrected chi connectivity index (χ2v) is 7.91. The Labute approximate surface area is 162 Å². The smallest absolute Gasteiger partial charge is 0.411 e. The van der Waals surface area contributed by atoms with E-state index in [1.54, 1.807) is 32.9 Å². The number of likely N-dealkylation sites (tertiary alicyclic amines) is 1. The van der Waals surface area contributed by atoms with E-state index in [-0.39, 0.29) is 19.6 Å². The van der Waals surface area contributed by atoms with Crippen LogP contribution < -0.4 is 10.6 Å². The van der Waals surface area contributed by atoms with Crippen LogP contribution in [0.2, 0.25) is 0 Å². The van der Waals surface area contributed by atoms with Crippen molar-refractivity contribution >= 4 is 24.0 Å². The highest BCUT2D eigenvalue weighted by Crippen LogP contribution is 2.32. The quantitative estimate of drug-likeness (QED) is 0.595. The minimum absolute atomic E-state index is 0.0316. The number of urea groups is 1. The number of nitrogens with one attached hydrogen (secondary N) is 2.